The largest absolute Gasteiger partial charge is 0.481 e. The molecule has 0 aliphatic rings. The van der Waals surface area contributed by atoms with Crippen LogP contribution in [0.15, 0.2) is 23.9 Å². The number of ether oxygens (including phenoxy) is 1. The summed E-state index contributed by atoms with van der Waals surface area (Å²) in [5.41, 5.74) is 4.41. The zero-order chi connectivity index (χ0) is 13.6. The molecule has 0 atom stereocenters. The van der Waals surface area contributed by atoms with E-state index in [0.29, 0.717) is 0 Å². The van der Waals surface area contributed by atoms with Gasteiger partial charge in [0.2, 0.25) is 5.90 Å². The van der Waals surface area contributed by atoms with Crippen LogP contribution in [0.1, 0.15) is 0 Å². The highest BCUT2D eigenvalue weighted by Gasteiger charge is 2.15. The predicted octanol–water partition coefficient (Wildman–Crippen LogP) is -1.26. The van der Waals surface area contributed by atoms with Gasteiger partial charge < -0.3 is 20.9 Å². The number of allylic oxidation sites excluding steroid dienone is 1. The number of hydrogen-bond acceptors (Lipinski definition) is 5. The molecule has 0 rings (SSSR count). The van der Waals surface area contributed by atoms with Gasteiger partial charge in [-0.1, -0.05) is 6.58 Å². The summed E-state index contributed by atoms with van der Waals surface area (Å²) in [7, 11) is 1.15. The van der Waals surface area contributed by atoms with E-state index in [1.807, 2.05) is 5.32 Å². The van der Waals surface area contributed by atoms with Crippen LogP contribution in [0.3, 0.4) is 0 Å². The Bertz CT molecular complexity index is 424. The van der Waals surface area contributed by atoms with E-state index in [1.165, 1.54) is 0 Å². The molecular formula is C9H11N3O5. The lowest BCUT2D eigenvalue weighted by atomic mass is 10.2. The highest BCUT2D eigenvalue weighted by Crippen LogP contribution is 2.01. The first-order valence-corrected chi connectivity index (χ1v) is 4.17. The summed E-state index contributed by atoms with van der Waals surface area (Å²) in [5.74, 6) is -4.52. The van der Waals surface area contributed by atoms with E-state index in [2.05, 4.69) is 11.3 Å². The quantitative estimate of drug-likeness (QED) is 0.160. The number of nitrogens with two attached hydrogens (primary N) is 1. The maximum atomic E-state index is 10.9. The highest BCUT2D eigenvalue weighted by molar-refractivity contribution is 6.32. The normalized spacial score (nSPS) is 10.3. The number of carboxylic acids is 1. The van der Waals surface area contributed by atoms with Crippen LogP contribution in [0, 0.1) is 5.41 Å². The molecule has 5 N–H and O–H groups in total. The molecule has 0 saturated heterocycles. The van der Waals surface area contributed by atoms with Crippen molar-refractivity contribution in [3.8, 4) is 0 Å². The summed E-state index contributed by atoms with van der Waals surface area (Å²) >= 11 is 0. The van der Waals surface area contributed by atoms with Crippen molar-refractivity contribution >= 4 is 23.7 Å². The van der Waals surface area contributed by atoms with Crippen molar-refractivity contribution in [2.75, 3.05) is 7.11 Å². The summed E-state index contributed by atoms with van der Waals surface area (Å²) < 4.78 is 4.47. The number of methoxy groups -OCH3 is 1. The molecule has 0 unspecified atom stereocenters. The molecule has 0 aliphatic carbocycles. The lowest BCUT2D eigenvalue weighted by molar-refractivity contribution is -0.149. The van der Waals surface area contributed by atoms with Gasteiger partial charge in [-0.15, -0.1) is 0 Å². The number of aliphatic carboxylic acids is 1. The first kappa shape index (κ1) is 14.4. The number of carbonyl (C=O) groups excluding carboxylic acids is 2. The van der Waals surface area contributed by atoms with Crippen molar-refractivity contribution in [3.05, 3.63) is 23.9 Å². The molecule has 8 heteroatoms. The number of nitrogens with one attached hydrogen (secondary N) is 2. The molecule has 0 spiro atoms. The van der Waals surface area contributed by atoms with Crippen LogP contribution in [0.25, 0.3) is 0 Å². The van der Waals surface area contributed by atoms with Crippen LogP contribution in [0.4, 0.5) is 0 Å². The van der Waals surface area contributed by atoms with Gasteiger partial charge in [0.25, 0.3) is 5.91 Å². The summed E-state index contributed by atoms with van der Waals surface area (Å²) in [6.07, 6.45) is 0.939. The molecule has 8 nitrogen and oxygen atoms in total. The Hall–Kier alpha value is -2.64. The molecule has 0 radical (unpaired) electrons. The zero-order valence-corrected chi connectivity index (χ0v) is 8.94. The van der Waals surface area contributed by atoms with Crippen molar-refractivity contribution < 1.29 is 24.2 Å². The first-order chi connectivity index (χ1) is 7.79. The van der Waals surface area contributed by atoms with Crippen molar-refractivity contribution in [3.63, 3.8) is 0 Å². The third kappa shape index (κ3) is 4.60. The van der Waals surface area contributed by atoms with Gasteiger partial charge in [-0.2, -0.15) is 0 Å². The Labute approximate surface area is 96.2 Å². The van der Waals surface area contributed by atoms with Crippen molar-refractivity contribution in [2.45, 2.75) is 0 Å². The maximum absolute atomic E-state index is 10.9. The van der Waals surface area contributed by atoms with Crippen LogP contribution >= 0.6 is 0 Å². The number of carboxylic acid groups (broad SMARTS) is 1. The summed E-state index contributed by atoms with van der Waals surface area (Å²) in [4.78, 5) is 31.9. The van der Waals surface area contributed by atoms with Gasteiger partial charge in [0.15, 0.2) is 0 Å². The van der Waals surface area contributed by atoms with Crippen LogP contribution in [-0.2, 0) is 19.1 Å². The predicted molar refractivity (Wildman–Crippen MR) is 56.9 cm³/mol. The molecule has 17 heavy (non-hydrogen) atoms. The lowest BCUT2D eigenvalue weighted by Crippen LogP contribution is -2.30. The maximum Gasteiger partial charge on any atom is 0.394 e. The van der Waals surface area contributed by atoms with Crippen molar-refractivity contribution in [1.29, 1.82) is 5.41 Å². The minimum Gasteiger partial charge on any atom is -0.481 e. The fourth-order valence-corrected chi connectivity index (χ4v) is 0.768. The summed E-state index contributed by atoms with van der Waals surface area (Å²) in [6.45, 7) is 3.28. The number of rotatable bonds is 4. The second-order valence-electron chi connectivity index (χ2n) is 2.74. The van der Waals surface area contributed by atoms with Crippen LogP contribution in [-0.4, -0.2) is 35.9 Å². The molecular weight excluding hydrogens is 230 g/mol. The number of amides is 2. The monoisotopic (exact) mass is 241 g/mol. The molecule has 0 fully saturated rings. The van der Waals surface area contributed by atoms with Gasteiger partial charge in [0.05, 0.1) is 7.11 Å². The fraction of sp³-hybridized carbons (Fsp3) is 0.111. The molecule has 0 aromatic heterocycles. The Morgan fingerprint density at radius 1 is 1.47 bits per heavy atom. The molecule has 0 heterocycles. The second kappa shape index (κ2) is 6.05. The van der Waals surface area contributed by atoms with Gasteiger partial charge in [-0.05, 0) is 6.08 Å². The Morgan fingerprint density at radius 3 is 2.35 bits per heavy atom. The minimum atomic E-state index is -1.71. The van der Waals surface area contributed by atoms with Crippen LogP contribution in [0.5, 0.6) is 0 Å². The van der Waals surface area contributed by atoms with E-state index in [4.69, 9.17) is 16.2 Å². The number of primary amides is 1. The number of carbonyl (C=O) groups is 3. The van der Waals surface area contributed by atoms with E-state index in [1.54, 1.807) is 0 Å². The Kier molecular flexibility index (Phi) is 5.11. The molecule has 92 valence electrons. The average Bonchev–Trinajstić information content (AvgIpc) is 2.24. The van der Waals surface area contributed by atoms with E-state index >= 15 is 0 Å². The van der Waals surface area contributed by atoms with Gasteiger partial charge in [0, 0.05) is 5.70 Å². The highest BCUT2D eigenvalue weighted by atomic mass is 16.5. The molecule has 2 amide bonds. The van der Waals surface area contributed by atoms with Gasteiger partial charge in [-0.25, -0.2) is 4.79 Å². The van der Waals surface area contributed by atoms with Gasteiger partial charge >= 0.3 is 11.9 Å². The van der Waals surface area contributed by atoms with Crippen molar-refractivity contribution in [2.24, 2.45) is 5.73 Å². The van der Waals surface area contributed by atoms with Crippen LogP contribution in [0.2, 0.25) is 0 Å². The molecule has 0 aliphatic heterocycles. The van der Waals surface area contributed by atoms with E-state index in [0.717, 1.165) is 13.2 Å². The minimum absolute atomic E-state index is 0.201. The van der Waals surface area contributed by atoms with Gasteiger partial charge in [-0.3, -0.25) is 15.0 Å². The molecule has 0 saturated carbocycles. The molecule has 0 bridgehead atoms. The second-order valence-corrected chi connectivity index (χ2v) is 2.74. The van der Waals surface area contributed by atoms with Crippen molar-refractivity contribution in [1.82, 2.24) is 5.32 Å². The zero-order valence-electron chi connectivity index (χ0n) is 8.94. The topological polar surface area (TPSA) is 143 Å². The van der Waals surface area contributed by atoms with E-state index < -0.39 is 23.7 Å². The van der Waals surface area contributed by atoms with E-state index in [-0.39, 0.29) is 11.3 Å². The molecule has 0 aromatic carbocycles. The average molecular weight is 241 g/mol. The first-order valence-electron chi connectivity index (χ1n) is 4.17. The van der Waals surface area contributed by atoms with Gasteiger partial charge in [0.1, 0.15) is 5.57 Å². The molecule has 0 aromatic rings. The standard InChI is InChI=1S/C9H11N3O5/c1-4(12-8(14)9(15)16)3-5(6(10)13)7(11)17-2/h3,11H,1H2,2H3,(H2,10,13)(H,12,14)(H,15,16)/b5-3-,11-7?. The third-order valence-corrected chi connectivity index (χ3v) is 1.50. The van der Waals surface area contributed by atoms with Crippen LogP contribution < -0.4 is 11.1 Å². The van der Waals surface area contributed by atoms with E-state index in [9.17, 15) is 14.4 Å². The summed E-state index contributed by atoms with van der Waals surface area (Å²) in [6, 6.07) is 0. The smallest absolute Gasteiger partial charge is 0.394 e. The lowest BCUT2D eigenvalue weighted by Gasteiger charge is -2.05. The summed E-state index contributed by atoms with van der Waals surface area (Å²) in [5, 5.41) is 17.4. The number of hydrogen-bond donors (Lipinski definition) is 4. The third-order valence-electron chi connectivity index (χ3n) is 1.50. The SMILES string of the molecule is C=C(/C=C(\C(=N)OC)C(N)=O)NC(=O)C(=O)O. The fourth-order valence-electron chi connectivity index (χ4n) is 0.768. The Morgan fingerprint density at radius 2 is 2.00 bits per heavy atom. The Balaban J connectivity index is 4.90.